The fourth-order valence-corrected chi connectivity index (χ4v) is 4.24. The zero-order valence-corrected chi connectivity index (χ0v) is 13.6. The Morgan fingerprint density at radius 1 is 1.41 bits per heavy atom. The Hall–Kier alpha value is -1.62. The van der Waals surface area contributed by atoms with E-state index in [4.69, 9.17) is 16.9 Å². The summed E-state index contributed by atoms with van der Waals surface area (Å²) in [5.41, 5.74) is 0.235. The summed E-state index contributed by atoms with van der Waals surface area (Å²) in [6, 6.07) is 5.96. The van der Waals surface area contributed by atoms with Gasteiger partial charge in [0, 0.05) is 26.1 Å². The molecule has 1 amide bonds. The molecule has 1 N–H and O–H groups in total. The van der Waals surface area contributed by atoms with E-state index in [0.717, 1.165) is 0 Å². The van der Waals surface area contributed by atoms with Crippen molar-refractivity contribution >= 4 is 27.5 Å². The largest absolute Gasteiger partial charge is 0.359 e. The van der Waals surface area contributed by atoms with Crippen LogP contribution in [0.3, 0.4) is 0 Å². The maximum Gasteiger partial charge on any atom is 0.243 e. The lowest BCUT2D eigenvalue weighted by Gasteiger charge is -2.30. The van der Waals surface area contributed by atoms with Gasteiger partial charge in [0.1, 0.15) is 6.07 Å². The van der Waals surface area contributed by atoms with Gasteiger partial charge in [0.15, 0.2) is 0 Å². The predicted octanol–water partition coefficient (Wildman–Crippen LogP) is 1.36. The molecule has 0 aromatic heterocycles. The highest BCUT2D eigenvalue weighted by Crippen LogP contribution is 2.26. The molecule has 0 atom stereocenters. The molecule has 1 aliphatic rings. The standard InChI is InChI=1S/C14H16ClN3O3S/c1-17-14(19)10-4-6-18(7-5-10)22(20,21)12-3-2-11(9-16)13(15)8-12/h2-3,8,10H,4-7H2,1H3,(H,17,19). The van der Waals surface area contributed by atoms with Crippen molar-refractivity contribution in [3.8, 4) is 6.07 Å². The van der Waals surface area contributed by atoms with Crippen molar-refractivity contribution in [2.45, 2.75) is 17.7 Å². The summed E-state index contributed by atoms with van der Waals surface area (Å²) < 4.78 is 26.5. The second-order valence-electron chi connectivity index (χ2n) is 5.05. The first-order valence-corrected chi connectivity index (χ1v) is 8.63. The fraction of sp³-hybridized carbons (Fsp3) is 0.429. The number of nitrogens with one attached hydrogen (secondary N) is 1. The van der Waals surface area contributed by atoms with Crippen LogP contribution in [0.25, 0.3) is 0 Å². The van der Waals surface area contributed by atoms with Crippen molar-refractivity contribution in [1.29, 1.82) is 5.26 Å². The fourth-order valence-electron chi connectivity index (χ4n) is 2.46. The van der Waals surface area contributed by atoms with Crippen molar-refractivity contribution in [3.63, 3.8) is 0 Å². The molecule has 1 saturated heterocycles. The number of hydrogen-bond acceptors (Lipinski definition) is 4. The van der Waals surface area contributed by atoms with Gasteiger partial charge >= 0.3 is 0 Å². The molecule has 22 heavy (non-hydrogen) atoms. The molecule has 6 nitrogen and oxygen atoms in total. The van der Waals surface area contributed by atoms with E-state index in [1.807, 2.05) is 6.07 Å². The van der Waals surface area contributed by atoms with Gasteiger partial charge < -0.3 is 5.32 Å². The van der Waals surface area contributed by atoms with Gasteiger partial charge in [-0.3, -0.25) is 4.79 Å². The van der Waals surface area contributed by atoms with Crippen LogP contribution in [0, 0.1) is 17.2 Å². The van der Waals surface area contributed by atoms with Gasteiger partial charge in [0.25, 0.3) is 0 Å². The average molecular weight is 342 g/mol. The minimum Gasteiger partial charge on any atom is -0.359 e. The van der Waals surface area contributed by atoms with Gasteiger partial charge in [-0.1, -0.05) is 11.6 Å². The third-order valence-electron chi connectivity index (χ3n) is 3.77. The SMILES string of the molecule is CNC(=O)C1CCN(S(=O)(=O)c2ccc(C#N)c(Cl)c2)CC1. The quantitative estimate of drug-likeness (QED) is 0.898. The zero-order valence-electron chi connectivity index (χ0n) is 12.0. The highest BCUT2D eigenvalue weighted by Gasteiger charge is 2.31. The number of benzene rings is 1. The minimum absolute atomic E-state index is 0.0570. The normalized spacial score (nSPS) is 17.0. The van der Waals surface area contributed by atoms with E-state index >= 15 is 0 Å². The molecule has 0 bridgehead atoms. The Bertz CT molecular complexity index is 719. The smallest absolute Gasteiger partial charge is 0.243 e. The van der Waals surface area contributed by atoms with Crippen LogP contribution in [0.4, 0.5) is 0 Å². The molecular weight excluding hydrogens is 326 g/mol. The second-order valence-corrected chi connectivity index (χ2v) is 7.39. The summed E-state index contributed by atoms with van der Waals surface area (Å²) in [7, 11) is -2.08. The topological polar surface area (TPSA) is 90.3 Å². The number of amides is 1. The third-order valence-corrected chi connectivity index (χ3v) is 5.98. The molecule has 1 aromatic rings. The van der Waals surface area contributed by atoms with Crippen molar-refractivity contribution in [3.05, 3.63) is 28.8 Å². The van der Waals surface area contributed by atoms with Crippen LogP contribution in [-0.4, -0.2) is 38.8 Å². The van der Waals surface area contributed by atoms with Crippen LogP contribution in [-0.2, 0) is 14.8 Å². The van der Waals surface area contributed by atoms with Crippen LogP contribution in [0.5, 0.6) is 0 Å². The van der Waals surface area contributed by atoms with Crippen molar-refractivity contribution in [1.82, 2.24) is 9.62 Å². The molecule has 1 aromatic carbocycles. The summed E-state index contributed by atoms with van der Waals surface area (Å²) in [5.74, 6) is -0.209. The van der Waals surface area contributed by atoms with Crippen molar-refractivity contribution in [2.24, 2.45) is 5.92 Å². The van der Waals surface area contributed by atoms with Crippen LogP contribution in [0.1, 0.15) is 18.4 Å². The van der Waals surface area contributed by atoms with E-state index in [0.29, 0.717) is 12.8 Å². The number of rotatable bonds is 3. The molecule has 0 radical (unpaired) electrons. The van der Waals surface area contributed by atoms with Gasteiger partial charge in [-0.25, -0.2) is 8.42 Å². The van der Waals surface area contributed by atoms with Crippen LogP contribution >= 0.6 is 11.6 Å². The third kappa shape index (κ3) is 3.24. The lowest BCUT2D eigenvalue weighted by molar-refractivity contribution is -0.125. The molecule has 1 heterocycles. The highest BCUT2D eigenvalue weighted by molar-refractivity contribution is 7.89. The van der Waals surface area contributed by atoms with Gasteiger partial charge in [-0.2, -0.15) is 9.57 Å². The molecular formula is C14H16ClN3O3S. The number of carbonyl (C=O) groups excluding carboxylic acids is 1. The molecule has 118 valence electrons. The average Bonchev–Trinajstić information content (AvgIpc) is 2.54. The molecule has 0 saturated carbocycles. The predicted molar refractivity (Wildman–Crippen MR) is 81.7 cm³/mol. The number of carbonyl (C=O) groups is 1. The van der Waals surface area contributed by atoms with E-state index in [1.54, 1.807) is 7.05 Å². The number of piperidine rings is 1. The Labute approximate surface area is 134 Å². The highest BCUT2D eigenvalue weighted by atomic mass is 35.5. The molecule has 2 rings (SSSR count). The van der Waals surface area contributed by atoms with E-state index in [9.17, 15) is 13.2 Å². The number of halogens is 1. The van der Waals surface area contributed by atoms with Gasteiger partial charge in [0.2, 0.25) is 15.9 Å². The summed E-state index contributed by atoms with van der Waals surface area (Å²) in [6.45, 7) is 0.579. The number of sulfonamides is 1. The zero-order chi connectivity index (χ0) is 16.3. The molecule has 0 aliphatic carbocycles. The monoisotopic (exact) mass is 341 g/mol. The first kappa shape index (κ1) is 16.7. The Kier molecular flexibility index (Phi) is 5.06. The molecule has 1 fully saturated rings. The van der Waals surface area contributed by atoms with E-state index < -0.39 is 10.0 Å². The number of nitrogens with zero attached hydrogens (tertiary/aromatic N) is 2. The van der Waals surface area contributed by atoms with Crippen LogP contribution < -0.4 is 5.32 Å². The second kappa shape index (κ2) is 6.65. The van der Waals surface area contributed by atoms with E-state index in [2.05, 4.69) is 5.32 Å². The maximum absolute atomic E-state index is 12.6. The summed E-state index contributed by atoms with van der Waals surface area (Å²) in [6.07, 6.45) is 0.978. The summed E-state index contributed by atoms with van der Waals surface area (Å²) in [5, 5.41) is 11.5. The lowest BCUT2D eigenvalue weighted by Crippen LogP contribution is -2.42. The van der Waals surface area contributed by atoms with Crippen LogP contribution in [0.15, 0.2) is 23.1 Å². The molecule has 0 unspecified atom stereocenters. The molecule has 1 aliphatic heterocycles. The summed E-state index contributed by atoms with van der Waals surface area (Å²) >= 11 is 5.90. The lowest BCUT2D eigenvalue weighted by atomic mass is 9.97. The molecule has 8 heteroatoms. The van der Waals surface area contributed by atoms with Gasteiger partial charge in [-0.05, 0) is 31.0 Å². The van der Waals surface area contributed by atoms with Gasteiger partial charge in [0.05, 0.1) is 15.5 Å². The van der Waals surface area contributed by atoms with Crippen LogP contribution in [0.2, 0.25) is 5.02 Å². The van der Waals surface area contributed by atoms with Crippen molar-refractivity contribution < 1.29 is 13.2 Å². The number of nitriles is 1. The van der Waals surface area contributed by atoms with E-state index in [1.165, 1.54) is 22.5 Å². The Morgan fingerprint density at radius 3 is 2.55 bits per heavy atom. The first-order chi connectivity index (χ1) is 10.4. The Morgan fingerprint density at radius 2 is 2.05 bits per heavy atom. The maximum atomic E-state index is 12.6. The number of hydrogen-bond donors (Lipinski definition) is 1. The Balaban J connectivity index is 2.17. The summed E-state index contributed by atoms with van der Waals surface area (Å²) in [4.78, 5) is 11.6. The minimum atomic E-state index is -3.66. The van der Waals surface area contributed by atoms with Crippen molar-refractivity contribution in [2.75, 3.05) is 20.1 Å². The van der Waals surface area contributed by atoms with E-state index in [-0.39, 0.29) is 40.4 Å². The first-order valence-electron chi connectivity index (χ1n) is 6.81. The van der Waals surface area contributed by atoms with Gasteiger partial charge in [-0.15, -0.1) is 0 Å². The molecule has 0 spiro atoms.